The number of hydrogen-bond acceptors (Lipinski definition) is 1. The minimum absolute atomic E-state index is 0.212. The van der Waals surface area contributed by atoms with Crippen LogP contribution < -0.4 is 0 Å². The Labute approximate surface area is 174 Å². The fourth-order valence-electron chi connectivity index (χ4n) is 4.61. The minimum Gasteiger partial charge on any atom is -0.265 e. The SMILES string of the molecule is CC(C)CC(c1ccncc1)C(C)(C)C(C)CC(c1ccccc1)C(C)(C)C. The van der Waals surface area contributed by atoms with Gasteiger partial charge in [0.05, 0.1) is 0 Å². The van der Waals surface area contributed by atoms with Gasteiger partial charge in [-0.2, -0.15) is 0 Å². The fourth-order valence-corrected chi connectivity index (χ4v) is 4.61. The molecule has 1 nitrogen and oxygen atoms in total. The van der Waals surface area contributed by atoms with Crippen molar-refractivity contribution in [2.24, 2.45) is 22.7 Å². The molecule has 0 aliphatic heterocycles. The molecule has 0 saturated carbocycles. The predicted octanol–water partition coefficient (Wildman–Crippen LogP) is 8.09. The summed E-state index contributed by atoms with van der Waals surface area (Å²) in [4.78, 5) is 4.25. The van der Waals surface area contributed by atoms with Crippen LogP contribution in [0.1, 0.15) is 91.2 Å². The lowest BCUT2D eigenvalue weighted by atomic mass is 9.61. The Bertz CT molecular complexity index is 694. The number of aromatic nitrogens is 1. The molecule has 1 heteroatoms. The molecule has 0 N–H and O–H groups in total. The fraction of sp³-hybridized carbons (Fsp3) is 0.593. The average Bonchev–Trinajstić information content (AvgIpc) is 2.64. The quantitative estimate of drug-likeness (QED) is 0.451. The summed E-state index contributed by atoms with van der Waals surface area (Å²) in [5.41, 5.74) is 3.37. The molecule has 3 unspecified atom stereocenters. The van der Waals surface area contributed by atoms with Crippen LogP contribution in [0.5, 0.6) is 0 Å². The van der Waals surface area contributed by atoms with Gasteiger partial charge in [0.25, 0.3) is 0 Å². The van der Waals surface area contributed by atoms with Crippen molar-refractivity contribution in [1.29, 1.82) is 0 Å². The molecule has 0 bridgehead atoms. The Morgan fingerprint density at radius 1 is 0.714 bits per heavy atom. The summed E-state index contributed by atoms with van der Waals surface area (Å²) < 4.78 is 0. The number of pyridine rings is 1. The van der Waals surface area contributed by atoms with Gasteiger partial charge in [-0.3, -0.25) is 4.98 Å². The summed E-state index contributed by atoms with van der Waals surface area (Å²) in [6.45, 7) is 19.3. The minimum atomic E-state index is 0.212. The zero-order valence-electron chi connectivity index (χ0n) is 19.4. The maximum Gasteiger partial charge on any atom is 0.0270 e. The summed E-state index contributed by atoms with van der Waals surface area (Å²) >= 11 is 0. The molecule has 1 heterocycles. The third kappa shape index (κ3) is 5.69. The van der Waals surface area contributed by atoms with Gasteiger partial charge in [-0.1, -0.05) is 85.7 Å². The maximum atomic E-state index is 4.25. The summed E-state index contributed by atoms with van der Waals surface area (Å²) in [6.07, 6.45) is 6.32. The van der Waals surface area contributed by atoms with E-state index in [0.717, 1.165) is 0 Å². The normalized spacial score (nSPS) is 16.0. The highest BCUT2D eigenvalue weighted by Gasteiger charge is 2.39. The molecule has 0 aliphatic carbocycles. The Morgan fingerprint density at radius 3 is 1.75 bits per heavy atom. The van der Waals surface area contributed by atoms with Crippen molar-refractivity contribution in [3.05, 3.63) is 66.0 Å². The van der Waals surface area contributed by atoms with Crippen molar-refractivity contribution in [3.63, 3.8) is 0 Å². The van der Waals surface area contributed by atoms with Gasteiger partial charge < -0.3 is 0 Å². The molecule has 1 aromatic carbocycles. The van der Waals surface area contributed by atoms with Crippen LogP contribution in [0.15, 0.2) is 54.9 Å². The number of nitrogens with zero attached hydrogens (tertiary/aromatic N) is 1. The third-order valence-electron chi connectivity index (χ3n) is 6.82. The molecule has 0 aliphatic rings. The van der Waals surface area contributed by atoms with Crippen molar-refractivity contribution in [2.45, 2.75) is 80.1 Å². The average molecular weight is 380 g/mol. The van der Waals surface area contributed by atoms with E-state index in [1.54, 1.807) is 0 Å². The van der Waals surface area contributed by atoms with Crippen molar-refractivity contribution in [1.82, 2.24) is 4.98 Å². The van der Waals surface area contributed by atoms with Crippen molar-refractivity contribution < 1.29 is 0 Å². The summed E-state index contributed by atoms with van der Waals surface area (Å²) in [5.74, 6) is 2.38. The first-order valence-corrected chi connectivity index (χ1v) is 11.0. The highest BCUT2D eigenvalue weighted by Crippen LogP contribution is 2.50. The second-order valence-corrected chi connectivity index (χ2v) is 10.8. The van der Waals surface area contributed by atoms with Crippen LogP contribution in [0.2, 0.25) is 0 Å². The van der Waals surface area contributed by atoms with Crippen LogP contribution in [0.3, 0.4) is 0 Å². The zero-order chi connectivity index (χ0) is 20.9. The number of rotatable bonds is 8. The molecule has 0 fully saturated rings. The standard InChI is InChI=1S/C27H41N/c1-20(2)18-25(23-14-16-28-17-15-23)27(7,8)21(3)19-24(26(4,5)6)22-12-10-9-11-13-22/h9-17,20-21,24-25H,18-19H2,1-8H3. The predicted molar refractivity (Wildman–Crippen MR) is 123 cm³/mol. The van der Waals surface area contributed by atoms with E-state index in [4.69, 9.17) is 0 Å². The van der Waals surface area contributed by atoms with E-state index in [1.807, 2.05) is 12.4 Å². The first kappa shape index (κ1) is 22.7. The first-order chi connectivity index (χ1) is 13.0. The Kier molecular flexibility index (Phi) is 7.48. The van der Waals surface area contributed by atoms with Crippen LogP contribution in [-0.2, 0) is 0 Å². The zero-order valence-corrected chi connectivity index (χ0v) is 19.4. The van der Waals surface area contributed by atoms with Crippen LogP contribution >= 0.6 is 0 Å². The summed E-state index contributed by atoms with van der Waals surface area (Å²) in [6, 6.07) is 15.6. The molecule has 154 valence electrons. The second-order valence-electron chi connectivity index (χ2n) is 10.8. The molecule has 0 amide bonds. The van der Waals surface area contributed by atoms with Crippen molar-refractivity contribution >= 4 is 0 Å². The van der Waals surface area contributed by atoms with E-state index in [-0.39, 0.29) is 10.8 Å². The van der Waals surface area contributed by atoms with Gasteiger partial charge in [-0.15, -0.1) is 0 Å². The van der Waals surface area contributed by atoms with Crippen molar-refractivity contribution in [3.8, 4) is 0 Å². The van der Waals surface area contributed by atoms with Gasteiger partial charge >= 0.3 is 0 Å². The molecule has 0 radical (unpaired) electrons. The molecular weight excluding hydrogens is 338 g/mol. The van der Waals surface area contributed by atoms with E-state index >= 15 is 0 Å². The van der Waals surface area contributed by atoms with Gasteiger partial charge in [0.1, 0.15) is 0 Å². The van der Waals surface area contributed by atoms with Gasteiger partial charge in [-0.05, 0) is 70.6 Å². The number of benzene rings is 1. The molecule has 2 aromatic rings. The molecular formula is C27H41N. The Balaban J connectivity index is 2.33. The van der Waals surface area contributed by atoms with Crippen molar-refractivity contribution in [2.75, 3.05) is 0 Å². The monoisotopic (exact) mass is 379 g/mol. The first-order valence-electron chi connectivity index (χ1n) is 11.0. The van der Waals surface area contributed by atoms with E-state index in [9.17, 15) is 0 Å². The molecule has 0 spiro atoms. The Morgan fingerprint density at radius 2 is 1.25 bits per heavy atom. The lowest BCUT2D eigenvalue weighted by molar-refractivity contribution is 0.126. The van der Waals surface area contributed by atoms with E-state index in [2.05, 4.69) is 103 Å². The van der Waals surface area contributed by atoms with E-state index in [0.29, 0.717) is 23.7 Å². The van der Waals surface area contributed by atoms with E-state index in [1.165, 1.54) is 24.0 Å². The summed E-state index contributed by atoms with van der Waals surface area (Å²) in [5, 5.41) is 0. The third-order valence-corrected chi connectivity index (χ3v) is 6.82. The molecule has 0 saturated heterocycles. The molecule has 2 rings (SSSR count). The smallest absolute Gasteiger partial charge is 0.0270 e. The van der Waals surface area contributed by atoms with Crippen LogP contribution in [0, 0.1) is 22.7 Å². The highest BCUT2D eigenvalue weighted by atomic mass is 14.6. The largest absolute Gasteiger partial charge is 0.265 e. The second kappa shape index (κ2) is 9.25. The lowest BCUT2D eigenvalue weighted by Crippen LogP contribution is -2.33. The van der Waals surface area contributed by atoms with Gasteiger partial charge in [-0.25, -0.2) is 0 Å². The van der Waals surface area contributed by atoms with Crippen LogP contribution in [0.4, 0.5) is 0 Å². The van der Waals surface area contributed by atoms with Gasteiger partial charge in [0, 0.05) is 12.4 Å². The van der Waals surface area contributed by atoms with Crippen LogP contribution in [-0.4, -0.2) is 4.98 Å². The van der Waals surface area contributed by atoms with Gasteiger partial charge in [0.15, 0.2) is 0 Å². The van der Waals surface area contributed by atoms with Gasteiger partial charge in [0.2, 0.25) is 0 Å². The maximum absolute atomic E-state index is 4.25. The van der Waals surface area contributed by atoms with E-state index < -0.39 is 0 Å². The lowest BCUT2D eigenvalue weighted by Gasteiger charge is -2.44. The molecule has 28 heavy (non-hydrogen) atoms. The highest BCUT2D eigenvalue weighted by molar-refractivity contribution is 5.23. The molecule has 1 aromatic heterocycles. The van der Waals surface area contributed by atoms with Crippen LogP contribution in [0.25, 0.3) is 0 Å². The molecule has 3 atom stereocenters. The summed E-state index contributed by atoms with van der Waals surface area (Å²) in [7, 11) is 0. The Hall–Kier alpha value is -1.63. The number of hydrogen-bond donors (Lipinski definition) is 0. The topological polar surface area (TPSA) is 12.9 Å².